The molecule has 1 aromatic carbocycles. The highest BCUT2D eigenvalue weighted by atomic mass is 19.1. The van der Waals surface area contributed by atoms with E-state index in [1.807, 2.05) is 19.1 Å². The van der Waals surface area contributed by atoms with E-state index >= 15 is 0 Å². The molecule has 1 fully saturated rings. The summed E-state index contributed by atoms with van der Waals surface area (Å²) in [6.45, 7) is 5.73. The minimum atomic E-state index is -0.196. The summed E-state index contributed by atoms with van der Waals surface area (Å²) in [5.41, 5.74) is 0.727. The second kappa shape index (κ2) is 6.74. The van der Waals surface area contributed by atoms with Gasteiger partial charge in [0.05, 0.1) is 0 Å². The van der Waals surface area contributed by atoms with Crippen molar-refractivity contribution in [3.8, 4) is 5.75 Å². The predicted octanol–water partition coefficient (Wildman–Crippen LogP) is 3.25. The number of nitrogens with zero attached hydrogens (tertiary/aromatic N) is 1. The van der Waals surface area contributed by atoms with Gasteiger partial charge in [-0.15, -0.1) is 0 Å². The Morgan fingerprint density at radius 3 is 2.72 bits per heavy atom. The molecule has 1 aromatic rings. The molecule has 0 saturated carbocycles. The average Bonchev–Trinajstić information content (AvgIpc) is 2.42. The van der Waals surface area contributed by atoms with E-state index in [1.54, 1.807) is 6.07 Å². The number of hydrogen-bond donors (Lipinski definition) is 0. The Morgan fingerprint density at radius 2 is 2.00 bits per heavy atom. The lowest BCUT2D eigenvalue weighted by Gasteiger charge is -2.26. The summed E-state index contributed by atoms with van der Waals surface area (Å²) in [6, 6.07) is 5.38. The maximum Gasteiger partial charge on any atom is 0.168 e. The first-order valence-electron chi connectivity index (χ1n) is 6.94. The van der Waals surface area contributed by atoms with Crippen molar-refractivity contribution in [3.05, 3.63) is 29.6 Å². The summed E-state index contributed by atoms with van der Waals surface area (Å²) in [5, 5.41) is 0. The van der Waals surface area contributed by atoms with Gasteiger partial charge in [0.1, 0.15) is 6.61 Å². The van der Waals surface area contributed by atoms with E-state index in [0.29, 0.717) is 18.8 Å². The second-order valence-corrected chi connectivity index (χ2v) is 4.83. The predicted molar refractivity (Wildman–Crippen MR) is 71.6 cm³/mol. The third kappa shape index (κ3) is 3.45. The summed E-state index contributed by atoms with van der Waals surface area (Å²) >= 11 is 0. The van der Waals surface area contributed by atoms with Crippen LogP contribution in [0.25, 0.3) is 0 Å². The number of likely N-dealkylation sites (tertiary alicyclic amines) is 1. The third-order valence-corrected chi connectivity index (χ3v) is 3.54. The number of hydrogen-bond acceptors (Lipinski definition) is 2. The molecule has 0 bridgehead atoms. The Balaban J connectivity index is 1.82. The highest BCUT2D eigenvalue weighted by Gasteiger charge is 2.11. The Labute approximate surface area is 109 Å². The molecule has 0 radical (unpaired) electrons. The smallest absolute Gasteiger partial charge is 0.168 e. The van der Waals surface area contributed by atoms with Crippen molar-refractivity contribution in [1.29, 1.82) is 0 Å². The van der Waals surface area contributed by atoms with Crippen LogP contribution in [0.15, 0.2) is 18.2 Å². The molecular weight excluding hydrogens is 229 g/mol. The topological polar surface area (TPSA) is 12.5 Å². The highest BCUT2D eigenvalue weighted by Crippen LogP contribution is 2.20. The van der Waals surface area contributed by atoms with Crippen molar-refractivity contribution >= 4 is 0 Å². The molecule has 18 heavy (non-hydrogen) atoms. The fourth-order valence-corrected chi connectivity index (χ4v) is 2.41. The molecule has 0 amide bonds. The van der Waals surface area contributed by atoms with E-state index in [-0.39, 0.29) is 5.82 Å². The van der Waals surface area contributed by atoms with E-state index in [2.05, 4.69) is 4.90 Å². The quantitative estimate of drug-likeness (QED) is 0.796. The van der Waals surface area contributed by atoms with Gasteiger partial charge in [-0.3, -0.25) is 4.90 Å². The van der Waals surface area contributed by atoms with Crippen molar-refractivity contribution in [2.24, 2.45) is 0 Å². The monoisotopic (exact) mass is 251 g/mol. The number of rotatable bonds is 5. The van der Waals surface area contributed by atoms with E-state index < -0.39 is 0 Å². The number of halogens is 1. The van der Waals surface area contributed by atoms with Crippen LogP contribution >= 0.6 is 0 Å². The lowest BCUT2D eigenvalue weighted by atomic mass is 10.1. The fraction of sp³-hybridized carbons (Fsp3) is 0.600. The maximum absolute atomic E-state index is 13.9. The number of benzene rings is 1. The van der Waals surface area contributed by atoms with Gasteiger partial charge in [-0.2, -0.15) is 0 Å². The summed E-state index contributed by atoms with van der Waals surface area (Å²) < 4.78 is 19.5. The van der Waals surface area contributed by atoms with Crippen LogP contribution in [-0.4, -0.2) is 31.1 Å². The van der Waals surface area contributed by atoms with Crippen molar-refractivity contribution < 1.29 is 9.13 Å². The lowest BCUT2D eigenvalue weighted by Crippen LogP contribution is -2.33. The minimum Gasteiger partial charge on any atom is -0.489 e. The molecule has 2 rings (SSSR count). The van der Waals surface area contributed by atoms with Crippen LogP contribution in [0, 0.1) is 5.82 Å². The van der Waals surface area contributed by atoms with Gasteiger partial charge in [-0.05, 0) is 44.0 Å². The molecule has 0 atom stereocenters. The van der Waals surface area contributed by atoms with Gasteiger partial charge >= 0.3 is 0 Å². The number of aryl methyl sites for hydroxylation is 1. The SMILES string of the molecule is CCc1cccc(OCCN2CCCCC2)c1F. The molecule has 1 aliphatic heterocycles. The first-order chi connectivity index (χ1) is 8.81. The molecule has 1 heterocycles. The van der Waals surface area contributed by atoms with Gasteiger partial charge in [0, 0.05) is 6.54 Å². The molecule has 1 aliphatic rings. The van der Waals surface area contributed by atoms with Gasteiger partial charge in [-0.25, -0.2) is 4.39 Å². The summed E-state index contributed by atoms with van der Waals surface area (Å²) in [5.74, 6) is 0.199. The zero-order chi connectivity index (χ0) is 12.8. The number of ether oxygens (including phenoxy) is 1. The van der Waals surface area contributed by atoms with Gasteiger partial charge in [0.2, 0.25) is 0 Å². The molecule has 0 aliphatic carbocycles. The van der Waals surface area contributed by atoms with Gasteiger partial charge in [0.25, 0.3) is 0 Å². The Hall–Kier alpha value is -1.09. The van der Waals surface area contributed by atoms with E-state index in [4.69, 9.17) is 4.74 Å². The molecule has 0 spiro atoms. The van der Waals surface area contributed by atoms with Crippen LogP contribution in [0.1, 0.15) is 31.7 Å². The number of piperidine rings is 1. The Kier molecular flexibility index (Phi) is 5.00. The molecule has 100 valence electrons. The van der Waals surface area contributed by atoms with Crippen LogP contribution in [0.4, 0.5) is 4.39 Å². The Morgan fingerprint density at radius 1 is 1.22 bits per heavy atom. The van der Waals surface area contributed by atoms with Crippen molar-refractivity contribution in [1.82, 2.24) is 4.90 Å². The molecule has 0 unspecified atom stereocenters. The van der Waals surface area contributed by atoms with Crippen molar-refractivity contribution in [3.63, 3.8) is 0 Å². The fourth-order valence-electron chi connectivity index (χ4n) is 2.41. The van der Waals surface area contributed by atoms with E-state index in [0.717, 1.165) is 25.2 Å². The summed E-state index contributed by atoms with van der Waals surface area (Å²) in [4.78, 5) is 2.39. The molecule has 3 heteroatoms. The van der Waals surface area contributed by atoms with Gasteiger partial charge < -0.3 is 4.74 Å². The summed E-state index contributed by atoms with van der Waals surface area (Å²) in [7, 11) is 0. The highest BCUT2D eigenvalue weighted by molar-refractivity contribution is 5.31. The lowest BCUT2D eigenvalue weighted by molar-refractivity contribution is 0.180. The van der Waals surface area contributed by atoms with Crippen molar-refractivity contribution in [2.45, 2.75) is 32.6 Å². The van der Waals surface area contributed by atoms with Gasteiger partial charge in [-0.1, -0.05) is 25.5 Å². The van der Waals surface area contributed by atoms with E-state index in [1.165, 1.54) is 19.3 Å². The summed E-state index contributed by atoms with van der Waals surface area (Å²) in [6.07, 6.45) is 4.60. The zero-order valence-electron chi connectivity index (χ0n) is 11.1. The molecule has 2 nitrogen and oxygen atoms in total. The third-order valence-electron chi connectivity index (χ3n) is 3.54. The Bertz CT molecular complexity index is 375. The molecule has 0 aromatic heterocycles. The minimum absolute atomic E-state index is 0.196. The van der Waals surface area contributed by atoms with Gasteiger partial charge in [0.15, 0.2) is 11.6 Å². The van der Waals surface area contributed by atoms with Crippen LogP contribution in [0.2, 0.25) is 0 Å². The van der Waals surface area contributed by atoms with Crippen LogP contribution in [0.3, 0.4) is 0 Å². The average molecular weight is 251 g/mol. The zero-order valence-corrected chi connectivity index (χ0v) is 11.1. The van der Waals surface area contributed by atoms with Crippen LogP contribution in [0.5, 0.6) is 5.75 Å². The van der Waals surface area contributed by atoms with Crippen molar-refractivity contribution in [2.75, 3.05) is 26.2 Å². The van der Waals surface area contributed by atoms with E-state index in [9.17, 15) is 4.39 Å². The standard InChI is InChI=1S/C15H22FNO/c1-2-13-7-6-8-14(15(13)16)18-12-11-17-9-4-3-5-10-17/h6-8H,2-5,9-12H2,1H3. The molecule has 1 saturated heterocycles. The van der Waals surface area contributed by atoms with Crippen LogP contribution in [-0.2, 0) is 6.42 Å². The normalized spacial score (nSPS) is 16.8. The largest absolute Gasteiger partial charge is 0.489 e. The van der Waals surface area contributed by atoms with Crippen LogP contribution < -0.4 is 4.74 Å². The molecular formula is C15H22FNO. The first-order valence-corrected chi connectivity index (χ1v) is 6.94. The maximum atomic E-state index is 13.9. The second-order valence-electron chi connectivity index (χ2n) is 4.83. The molecule has 0 N–H and O–H groups in total. The first kappa shape index (κ1) is 13.3.